The molecule has 5 aliphatic rings. The van der Waals surface area contributed by atoms with Crippen molar-refractivity contribution in [2.45, 2.75) is 96.5 Å². The van der Waals surface area contributed by atoms with Crippen molar-refractivity contribution >= 4 is 23.2 Å². The van der Waals surface area contributed by atoms with Gasteiger partial charge in [-0.25, -0.2) is 0 Å². The van der Waals surface area contributed by atoms with Crippen molar-refractivity contribution in [3.8, 4) is 0 Å². The highest BCUT2D eigenvalue weighted by atomic mass is 16.6. The number of Topliss-reactive ketones (excluding diaryl/α,β-unsaturated/α-hetero) is 1. The Hall–Kier alpha value is -2.69. The molecule has 1 aliphatic heterocycles. The van der Waals surface area contributed by atoms with E-state index in [2.05, 4.69) is 36.1 Å². The Labute approximate surface area is 226 Å². The zero-order valence-electron chi connectivity index (χ0n) is 23.2. The van der Waals surface area contributed by atoms with E-state index in [4.69, 9.17) is 4.74 Å². The zero-order chi connectivity index (χ0) is 26.7. The van der Waals surface area contributed by atoms with Crippen molar-refractivity contribution in [2.24, 2.45) is 17.3 Å². The fraction of sp³-hybridized carbons (Fsp3) is 0.606. The predicted octanol–water partition coefficient (Wildman–Crippen LogP) is 6.47. The summed E-state index contributed by atoms with van der Waals surface area (Å²) in [4.78, 5) is 40.5. The summed E-state index contributed by atoms with van der Waals surface area (Å²) in [6, 6.07) is 9.15. The maximum Gasteiger partial charge on any atom is 0.303 e. The minimum absolute atomic E-state index is 0.0207. The van der Waals surface area contributed by atoms with Gasteiger partial charge < -0.3 is 9.64 Å². The molecule has 6 rings (SSSR count). The van der Waals surface area contributed by atoms with Gasteiger partial charge in [-0.15, -0.1) is 0 Å². The summed E-state index contributed by atoms with van der Waals surface area (Å²) in [5.74, 6) is 0.642. The number of esters is 1. The third-order valence-electron chi connectivity index (χ3n) is 10.8. The van der Waals surface area contributed by atoms with Gasteiger partial charge in [0, 0.05) is 43.5 Å². The summed E-state index contributed by atoms with van der Waals surface area (Å²) in [5.41, 5.74) is 5.22. The summed E-state index contributed by atoms with van der Waals surface area (Å²) in [5, 5.41) is 0. The first-order chi connectivity index (χ1) is 18.2. The second kappa shape index (κ2) is 9.50. The van der Waals surface area contributed by atoms with Crippen LogP contribution in [-0.2, 0) is 19.1 Å². The highest BCUT2D eigenvalue weighted by Gasteiger charge is 2.67. The Morgan fingerprint density at radius 3 is 2.39 bits per heavy atom. The van der Waals surface area contributed by atoms with Crippen LogP contribution in [0.2, 0.25) is 0 Å². The Morgan fingerprint density at radius 2 is 1.71 bits per heavy atom. The number of carbonyl (C=O) groups is 3. The predicted molar refractivity (Wildman–Crippen MR) is 148 cm³/mol. The molecule has 5 heteroatoms. The molecule has 0 bridgehead atoms. The SMILES string of the molecule is CC(=O)O[C@]1(C(C)=O)CC[C@H]2[C@@H]3CCC4=CC(=O)CCC4=C3C(c3ccc(N4CCCCC4)cc3)C[C@@]21C. The number of ketones is 2. The van der Waals surface area contributed by atoms with Crippen molar-refractivity contribution in [1.82, 2.24) is 0 Å². The van der Waals surface area contributed by atoms with Crippen LogP contribution in [0, 0.1) is 17.3 Å². The molecule has 1 aromatic rings. The van der Waals surface area contributed by atoms with E-state index < -0.39 is 11.0 Å². The molecule has 0 N–H and O–H groups in total. The highest BCUT2D eigenvalue weighted by Crippen LogP contribution is 2.67. The first kappa shape index (κ1) is 25.6. The monoisotopic (exact) mass is 515 g/mol. The number of piperidine rings is 1. The van der Waals surface area contributed by atoms with E-state index >= 15 is 0 Å². The maximum absolute atomic E-state index is 13.3. The zero-order valence-corrected chi connectivity index (χ0v) is 23.2. The fourth-order valence-corrected chi connectivity index (χ4v) is 9.08. The third-order valence-corrected chi connectivity index (χ3v) is 10.8. The van der Waals surface area contributed by atoms with Crippen molar-refractivity contribution < 1.29 is 19.1 Å². The van der Waals surface area contributed by atoms with Gasteiger partial charge in [-0.1, -0.05) is 24.6 Å². The number of benzene rings is 1. The van der Waals surface area contributed by atoms with Crippen LogP contribution in [0.5, 0.6) is 0 Å². The summed E-state index contributed by atoms with van der Waals surface area (Å²) >= 11 is 0. The van der Waals surface area contributed by atoms with Crippen LogP contribution in [0.25, 0.3) is 0 Å². The second-order valence-electron chi connectivity index (χ2n) is 12.7. The van der Waals surface area contributed by atoms with Crippen LogP contribution in [0.1, 0.15) is 96.5 Å². The van der Waals surface area contributed by atoms with E-state index in [-0.39, 0.29) is 29.4 Å². The molecule has 1 heterocycles. The molecule has 1 aromatic carbocycles. The van der Waals surface area contributed by atoms with Gasteiger partial charge in [-0.2, -0.15) is 0 Å². The third kappa shape index (κ3) is 3.91. The minimum atomic E-state index is -1.07. The van der Waals surface area contributed by atoms with Crippen LogP contribution in [0.4, 0.5) is 5.69 Å². The minimum Gasteiger partial charge on any atom is -0.451 e. The van der Waals surface area contributed by atoms with Crippen molar-refractivity contribution in [3.05, 3.63) is 52.6 Å². The number of hydrogen-bond donors (Lipinski definition) is 0. The molecule has 1 unspecified atom stereocenters. The van der Waals surface area contributed by atoms with Gasteiger partial charge in [0.05, 0.1) is 0 Å². The van der Waals surface area contributed by atoms with Crippen LogP contribution in [0.3, 0.4) is 0 Å². The Kier molecular flexibility index (Phi) is 6.39. The van der Waals surface area contributed by atoms with Crippen LogP contribution in [0.15, 0.2) is 47.1 Å². The smallest absolute Gasteiger partial charge is 0.303 e. The lowest BCUT2D eigenvalue weighted by molar-refractivity contribution is -0.182. The van der Waals surface area contributed by atoms with Crippen molar-refractivity contribution in [1.29, 1.82) is 0 Å². The van der Waals surface area contributed by atoms with E-state index in [1.54, 1.807) is 6.92 Å². The lowest BCUT2D eigenvalue weighted by atomic mass is 9.50. The largest absolute Gasteiger partial charge is 0.451 e. The number of anilines is 1. The molecule has 5 atom stereocenters. The molecule has 4 aliphatic carbocycles. The van der Waals surface area contributed by atoms with E-state index in [1.807, 2.05) is 6.08 Å². The van der Waals surface area contributed by atoms with E-state index in [0.29, 0.717) is 18.8 Å². The van der Waals surface area contributed by atoms with Gasteiger partial charge in [0.25, 0.3) is 0 Å². The molecule has 3 fully saturated rings. The van der Waals surface area contributed by atoms with Gasteiger partial charge in [0.1, 0.15) is 0 Å². The summed E-state index contributed by atoms with van der Waals surface area (Å²) < 4.78 is 6.05. The van der Waals surface area contributed by atoms with E-state index in [1.165, 1.54) is 54.2 Å². The Bertz CT molecular complexity index is 1220. The quantitative estimate of drug-likeness (QED) is 0.430. The van der Waals surface area contributed by atoms with E-state index in [0.717, 1.165) is 45.2 Å². The van der Waals surface area contributed by atoms with Crippen molar-refractivity contribution in [3.63, 3.8) is 0 Å². The fourth-order valence-electron chi connectivity index (χ4n) is 9.08. The van der Waals surface area contributed by atoms with E-state index in [9.17, 15) is 14.4 Å². The molecule has 0 radical (unpaired) electrons. The molecule has 0 amide bonds. The average molecular weight is 516 g/mol. The molecule has 0 aromatic heterocycles. The standard InChI is InChI=1S/C33H41NO4/c1-21(35)33(38-22(2)36)16-15-30-28-13-9-24-19-26(37)12-14-27(24)31(28)29(20-32(30,33)3)23-7-10-25(11-8-23)34-17-5-4-6-18-34/h7-8,10-11,19,28-30H,4-6,9,12-18,20H2,1-3H3/t28-,29?,30-,32-,33-/m0/s1. The average Bonchev–Trinajstić information content (AvgIpc) is 3.20. The highest BCUT2D eigenvalue weighted by molar-refractivity contribution is 5.93. The van der Waals surface area contributed by atoms with Gasteiger partial charge in [0.15, 0.2) is 17.2 Å². The normalized spacial score (nSPS) is 34.7. The lowest BCUT2D eigenvalue weighted by Gasteiger charge is -2.55. The Balaban J connectivity index is 1.46. The van der Waals surface area contributed by atoms with Crippen LogP contribution in [-0.4, -0.2) is 36.2 Å². The van der Waals surface area contributed by atoms with Gasteiger partial charge in [-0.05, 0) is 111 Å². The number of rotatable bonds is 4. The maximum atomic E-state index is 13.3. The first-order valence-corrected chi connectivity index (χ1v) is 14.8. The van der Waals surface area contributed by atoms with Gasteiger partial charge in [-0.3, -0.25) is 14.4 Å². The molecule has 2 saturated carbocycles. The molecular weight excluding hydrogens is 474 g/mol. The number of carbonyl (C=O) groups excluding carboxylic acids is 3. The summed E-state index contributed by atoms with van der Waals surface area (Å²) in [6.45, 7) is 7.51. The number of ether oxygens (including phenoxy) is 1. The first-order valence-electron chi connectivity index (χ1n) is 14.8. The number of hydrogen-bond acceptors (Lipinski definition) is 5. The molecule has 38 heavy (non-hydrogen) atoms. The molecule has 202 valence electrons. The number of fused-ring (bicyclic) bond motifs is 4. The van der Waals surface area contributed by atoms with Crippen LogP contribution < -0.4 is 4.90 Å². The molecule has 5 nitrogen and oxygen atoms in total. The van der Waals surface area contributed by atoms with Gasteiger partial charge >= 0.3 is 5.97 Å². The number of nitrogens with zero attached hydrogens (tertiary/aromatic N) is 1. The lowest BCUT2D eigenvalue weighted by Crippen LogP contribution is -2.57. The number of allylic oxidation sites excluding steroid dienone is 4. The topological polar surface area (TPSA) is 63.7 Å². The molecule has 1 saturated heterocycles. The van der Waals surface area contributed by atoms with Crippen molar-refractivity contribution in [2.75, 3.05) is 18.0 Å². The summed E-state index contributed by atoms with van der Waals surface area (Å²) in [7, 11) is 0. The second-order valence-corrected chi connectivity index (χ2v) is 12.7. The Morgan fingerprint density at radius 1 is 0.974 bits per heavy atom. The molecular formula is C33H41NO4. The summed E-state index contributed by atoms with van der Waals surface area (Å²) in [6.07, 6.45) is 11.3. The van der Waals surface area contributed by atoms with Crippen LogP contribution >= 0.6 is 0 Å². The van der Waals surface area contributed by atoms with Gasteiger partial charge in [0.2, 0.25) is 0 Å². The molecule has 0 spiro atoms.